The zero-order chi connectivity index (χ0) is 27.5. The standard InChI is InChI=1S/C28H29F4N5O2/c1-17(36-7-6-20(29)12-36)18-8-22-23(24(9-18)28(30,31)32)13-37(26(22)38)21-5-3-4-19(10-21)27(14-39-15-27)11-25-34-33-16-35(25)2/h3-5,8-10,16-17,20H,6-7,11-15H2,1-2H3/t17-,20-/m0/s1. The van der Waals surface area contributed by atoms with E-state index in [4.69, 9.17) is 4.74 Å². The number of aryl methyl sites for hydroxylation is 1. The molecule has 0 N–H and O–H groups in total. The van der Waals surface area contributed by atoms with Crippen molar-refractivity contribution in [3.8, 4) is 0 Å². The van der Waals surface area contributed by atoms with E-state index in [-0.39, 0.29) is 29.6 Å². The number of alkyl halides is 4. The molecule has 1 aromatic heterocycles. The first kappa shape index (κ1) is 25.9. The van der Waals surface area contributed by atoms with Crippen LogP contribution in [-0.2, 0) is 36.3 Å². The molecule has 39 heavy (non-hydrogen) atoms. The lowest BCUT2D eigenvalue weighted by molar-refractivity contribution is -0.138. The second-order valence-corrected chi connectivity index (χ2v) is 10.9. The molecule has 3 aliphatic rings. The number of hydrogen-bond donors (Lipinski definition) is 0. The van der Waals surface area contributed by atoms with E-state index >= 15 is 0 Å². The molecule has 3 aliphatic heterocycles. The number of nitrogens with zero attached hydrogens (tertiary/aromatic N) is 5. The van der Waals surface area contributed by atoms with Gasteiger partial charge in [0.15, 0.2) is 0 Å². The van der Waals surface area contributed by atoms with Gasteiger partial charge in [-0.25, -0.2) is 4.39 Å². The zero-order valence-electron chi connectivity index (χ0n) is 21.7. The summed E-state index contributed by atoms with van der Waals surface area (Å²) in [5.41, 5.74) is 0.673. The van der Waals surface area contributed by atoms with Gasteiger partial charge in [-0.3, -0.25) is 9.69 Å². The number of likely N-dealkylation sites (tertiary alicyclic amines) is 1. The van der Waals surface area contributed by atoms with E-state index in [1.807, 2.05) is 34.7 Å². The fourth-order valence-electron chi connectivity index (χ4n) is 5.93. The van der Waals surface area contributed by atoms with Crippen LogP contribution in [0.5, 0.6) is 0 Å². The maximum atomic E-state index is 14.2. The first-order valence-electron chi connectivity index (χ1n) is 13.0. The largest absolute Gasteiger partial charge is 0.416 e. The Kier molecular flexibility index (Phi) is 6.26. The third-order valence-electron chi connectivity index (χ3n) is 8.39. The fourth-order valence-corrected chi connectivity index (χ4v) is 5.93. The van der Waals surface area contributed by atoms with Gasteiger partial charge in [0.2, 0.25) is 0 Å². The molecular formula is C28H29F4N5O2. The second kappa shape index (κ2) is 9.41. The van der Waals surface area contributed by atoms with Gasteiger partial charge in [0.05, 0.1) is 25.3 Å². The summed E-state index contributed by atoms with van der Waals surface area (Å²) in [6.07, 6.45) is -3.06. The van der Waals surface area contributed by atoms with Gasteiger partial charge < -0.3 is 14.2 Å². The predicted octanol–water partition coefficient (Wildman–Crippen LogP) is 4.61. The van der Waals surface area contributed by atoms with Crippen molar-refractivity contribution >= 4 is 11.6 Å². The first-order chi connectivity index (χ1) is 18.6. The Morgan fingerprint density at radius 1 is 1.21 bits per heavy atom. The highest BCUT2D eigenvalue weighted by atomic mass is 19.4. The van der Waals surface area contributed by atoms with Crippen molar-refractivity contribution in [1.82, 2.24) is 19.7 Å². The number of carbonyl (C=O) groups excluding carboxylic acids is 1. The maximum Gasteiger partial charge on any atom is 0.416 e. The Balaban J connectivity index is 1.33. The predicted molar refractivity (Wildman–Crippen MR) is 135 cm³/mol. The molecule has 0 bridgehead atoms. The van der Waals surface area contributed by atoms with E-state index in [1.54, 1.807) is 25.4 Å². The number of rotatable bonds is 6. The SMILES string of the molecule is C[C@@H](c1cc2c(c(C(F)(F)F)c1)CN(c1cccc(C3(Cc4nncn4C)COC3)c1)C2=O)N1CC[C@H](F)C1. The highest BCUT2D eigenvalue weighted by molar-refractivity contribution is 6.10. The molecule has 0 spiro atoms. The minimum atomic E-state index is -4.63. The smallest absolute Gasteiger partial charge is 0.379 e. The Labute approximate surface area is 223 Å². The van der Waals surface area contributed by atoms with Crippen LogP contribution >= 0.6 is 0 Å². The van der Waals surface area contributed by atoms with Gasteiger partial charge in [-0.15, -0.1) is 10.2 Å². The topological polar surface area (TPSA) is 63.5 Å². The van der Waals surface area contributed by atoms with Gasteiger partial charge in [0, 0.05) is 49.3 Å². The maximum absolute atomic E-state index is 14.2. The molecule has 2 fully saturated rings. The van der Waals surface area contributed by atoms with Crippen LogP contribution in [0, 0.1) is 0 Å². The van der Waals surface area contributed by atoms with Crippen LogP contribution in [0.4, 0.5) is 23.2 Å². The van der Waals surface area contributed by atoms with Gasteiger partial charge in [0.1, 0.15) is 18.3 Å². The molecule has 0 radical (unpaired) electrons. The molecule has 6 rings (SSSR count). The number of halogens is 4. The Bertz CT molecular complexity index is 1420. The summed E-state index contributed by atoms with van der Waals surface area (Å²) in [5, 5.41) is 8.15. The molecule has 3 aromatic rings. The molecule has 2 atom stereocenters. The molecule has 7 nitrogen and oxygen atoms in total. The van der Waals surface area contributed by atoms with E-state index in [2.05, 4.69) is 10.2 Å². The lowest BCUT2D eigenvalue weighted by Crippen LogP contribution is -2.49. The summed E-state index contributed by atoms with van der Waals surface area (Å²) in [7, 11) is 1.87. The summed E-state index contributed by atoms with van der Waals surface area (Å²) in [5.74, 6) is 0.320. The molecule has 0 unspecified atom stereocenters. The summed E-state index contributed by atoms with van der Waals surface area (Å²) in [4.78, 5) is 16.8. The van der Waals surface area contributed by atoms with E-state index in [1.165, 1.54) is 4.90 Å². The van der Waals surface area contributed by atoms with Gasteiger partial charge in [-0.1, -0.05) is 12.1 Å². The van der Waals surface area contributed by atoms with Crippen molar-refractivity contribution in [3.63, 3.8) is 0 Å². The number of aromatic nitrogens is 3. The van der Waals surface area contributed by atoms with Crippen LogP contribution in [0.1, 0.15) is 57.8 Å². The molecule has 4 heterocycles. The molecule has 2 saturated heterocycles. The monoisotopic (exact) mass is 543 g/mol. The van der Waals surface area contributed by atoms with Crippen molar-refractivity contribution in [1.29, 1.82) is 0 Å². The summed E-state index contributed by atoms with van der Waals surface area (Å²) < 4.78 is 63.9. The van der Waals surface area contributed by atoms with E-state index < -0.39 is 29.9 Å². The minimum Gasteiger partial charge on any atom is -0.379 e. The molecule has 11 heteroatoms. The van der Waals surface area contributed by atoms with Crippen molar-refractivity contribution in [3.05, 3.63) is 76.4 Å². The van der Waals surface area contributed by atoms with Crippen LogP contribution in [0.25, 0.3) is 0 Å². The molecule has 1 amide bonds. The second-order valence-electron chi connectivity index (χ2n) is 10.9. The van der Waals surface area contributed by atoms with Crippen molar-refractivity contribution < 1.29 is 27.1 Å². The number of amides is 1. The Hall–Kier alpha value is -3.31. The summed E-state index contributed by atoms with van der Waals surface area (Å²) in [6.45, 7) is 3.15. The van der Waals surface area contributed by atoms with Gasteiger partial charge in [-0.2, -0.15) is 13.2 Å². The third kappa shape index (κ3) is 4.51. The highest BCUT2D eigenvalue weighted by Crippen LogP contribution is 2.43. The van der Waals surface area contributed by atoms with Crippen LogP contribution in [0.3, 0.4) is 0 Å². The Morgan fingerprint density at radius 2 is 2.00 bits per heavy atom. The molecule has 0 aliphatic carbocycles. The van der Waals surface area contributed by atoms with E-state index in [9.17, 15) is 22.4 Å². The third-order valence-corrected chi connectivity index (χ3v) is 8.39. The first-order valence-corrected chi connectivity index (χ1v) is 13.0. The number of fused-ring (bicyclic) bond motifs is 1. The van der Waals surface area contributed by atoms with Crippen LogP contribution in [0.15, 0.2) is 42.7 Å². The van der Waals surface area contributed by atoms with Crippen LogP contribution in [0.2, 0.25) is 0 Å². The number of carbonyl (C=O) groups is 1. The molecule has 2 aromatic carbocycles. The number of hydrogen-bond acceptors (Lipinski definition) is 5. The number of anilines is 1. The number of ether oxygens (including phenoxy) is 1. The van der Waals surface area contributed by atoms with Crippen molar-refractivity contribution in [2.24, 2.45) is 7.05 Å². The van der Waals surface area contributed by atoms with Crippen LogP contribution in [-0.4, -0.2) is 58.0 Å². The highest BCUT2D eigenvalue weighted by Gasteiger charge is 2.44. The molecule has 206 valence electrons. The summed E-state index contributed by atoms with van der Waals surface area (Å²) >= 11 is 0. The minimum absolute atomic E-state index is 0.0283. The molecular weight excluding hydrogens is 514 g/mol. The van der Waals surface area contributed by atoms with E-state index in [0.717, 1.165) is 17.5 Å². The fraction of sp³-hybridized carbons (Fsp3) is 0.464. The van der Waals surface area contributed by atoms with Crippen molar-refractivity contribution in [2.75, 3.05) is 31.2 Å². The van der Waals surface area contributed by atoms with Gasteiger partial charge in [-0.05, 0) is 54.3 Å². The quantitative estimate of drug-likeness (QED) is 0.425. The lowest BCUT2D eigenvalue weighted by Gasteiger charge is -2.42. The van der Waals surface area contributed by atoms with Crippen molar-refractivity contribution in [2.45, 2.75) is 50.1 Å². The van der Waals surface area contributed by atoms with Crippen LogP contribution < -0.4 is 4.90 Å². The average molecular weight is 544 g/mol. The average Bonchev–Trinajstić information content (AvgIpc) is 3.58. The lowest BCUT2D eigenvalue weighted by atomic mass is 9.75. The molecule has 0 saturated carbocycles. The van der Waals surface area contributed by atoms with E-state index in [0.29, 0.717) is 43.9 Å². The van der Waals surface area contributed by atoms with Gasteiger partial charge in [0.25, 0.3) is 5.91 Å². The van der Waals surface area contributed by atoms with Gasteiger partial charge >= 0.3 is 6.18 Å². The Morgan fingerprint density at radius 3 is 2.62 bits per heavy atom. The number of benzene rings is 2. The zero-order valence-corrected chi connectivity index (χ0v) is 21.7. The normalized spacial score (nSPS) is 21.7. The summed E-state index contributed by atoms with van der Waals surface area (Å²) in [6, 6.07) is 9.62.